The minimum atomic E-state index is -0.478. The van der Waals surface area contributed by atoms with Gasteiger partial charge in [-0.15, -0.1) is 0 Å². The third-order valence-electron chi connectivity index (χ3n) is 7.83. The van der Waals surface area contributed by atoms with E-state index in [0.29, 0.717) is 53.4 Å². The lowest BCUT2D eigenvalue weighted by molar-refractivity contribution is -0.134. The summed E-state index contributed by atoms with van der Waals surface area (Å²) in [4.78, 5) is 38.4. The topological polar surface area (TPSA) is 82.0 Å². The van der Waals surface area contributed by atoms with E-state index in [2.05, 4.69) is 16.6 Å². The highest BCUT2D eigenvalue weighted by atomic mass is 19.1. The summed E-state index contributed by atoms with van der Waals surface area (Å²) >= 11 is 0. The highest BCUT2D eigenvalue weighted by molar-refractivity contribution is 5.87. The Hall–Kier alpha value is -3.74. The number of rotatable bonds is 4. The van der Waals surface area contributed by atoms with Gasteiger partial charge in [0.05, 0.1) is 24.2 Å². The van der Waals surface area contributed by atoms with Crippen molar-refractivity contribution >= 4 is 17.8 Å². The Kier molecular flexibility index (Phi) is 6.24. The van der Waals surface area contributed by atoms with Gasteiger partial charge in [0, 0.05) is 46.7 Å². The molecular formula is C29H28FN3O3. The van der Waals surface area contributed by atoms with Gasteiger partial charge in [0.15, 0.2) is 5.82 Å². The molecule has 3 aromatic rings. The largest absolute Gasteiger partial charge is 0.466 e. The van der Waals surface area contributed by atoms with Crippen molar-refractivity contribution in [2.45, 2.75) is 44.9 Å². The number of aromatic nitrogens is 3. The van der Waals surface area contributed by atoms with Crippen molar-refractivity contribution in [3.05, 3.63) is 71.4 Å². The number of ketones is 1. The second-order valence-corrected chi connectivity index (χ2v) is 9.85. The maximum absolute atomic E-state index is 15.0. The van der Waals surface area contributed by atoms with E-state index in [9.17, 15) is 9.59 Å². The number of benzene rings is 1. The maximum Gasteiger partial charge on any atom is 0.330 e. The Morgan fingerprint density at radius 3 is 2.78 bits per heavy atom. The summed E-state index contributed by atoms with van der Waals surface area (Å²) in [6.07, 6.45) is 7.26. The zero-order valence-corrected chi connectivity index (χ0v) is 20.6. The van der Waals surface area contributed by atoms with E-state index >= 15 is 4.39 Å². The molecule has 0 unspecified atom stereocenters. The number of halogens is 1. The van der Waals surface area contributed by atoms with Gasteiger partial charge < -0.3 is 4.74 Å². The molecule has 6 nitrogen and oxygen atoms in total. The van der Waals surface area contributed by atoms with Crippen LogP contribution < -0.4 is 0 Å². The van der Waals surface area contributed by atoms with Gasteiger partial charge in [-0.25, -0.2) is 19.2 Å². The fraction of sp³-hybridized carbons (Fsp3) is 0.345. The van der Waals surface area contributed by atoms with Gasteiger partial charge in [-0.2, -0.15) is 0 Å². The van der Waals surface area contributed by atoms with E-state index in [0.717, 1.165) is 17.7 Å². The molecule has 5 rings (SSSR count). The first-order chi connectivity index (χ1) is 17.3. The van der Waals surface area contributed by atoms with Gasteiger partial charge in [0.25, 0.3) is 0 Å². The molecule has 2 heterocycles. The standard InChI is InChI=1S/C29H28FN3O3/c1-17-22-10-9-21-26(20-6-4-5-7-23(20)30)32-28(33-27(21)29(22,2)14-12-24(17)34)18-13-15-31-19(16-18)8-11-25(35)36-3/h4-8,11,13,15-17,22H,9-10,12,14H2,1-3H3/b11-8+/t17-,22-,29-/m1/s1. The minimum Gasteiger partial charge on any atom is -0.466 e. The summed E-state index contributed by atoms with van der Waals surface area (Å²) < 4.78 is 19.7. The van der Waals surface area contributed by atoms with Gasteiger partial charge in [0.1, 0.15) is 11.6 Å². The number of ether oxygens (including phenoxy) is 1. The molecule has 0 amide bonds. The number of hydrogen-bond acceptors (Lipinski definition) is 6. The summed E-state index contributed by atoms with van der Waals surface area (Å²) in [5, 5.41) is 0. The maximum atomic E-state index is 15.0. The molecule has 2 aromatic heterocycles. The van der Waals surface area contributed by atoms with Crippen LogP contribution in [-0.4, -0.2) is 33.8 Å². The lowest BCUT2D eigenvalue weighted by Crippen LogP contribution is -2.47. The van der Waals surface area contributed by atoms with Gasteiger partial charge >= 0.3 is 5.97 Å². The van der Waals surface area contributed by atoms with E-state index in [1.165, 1.54) is 19.3 Å². The Bertz CT molecular complexity index is 1390. The normalized spacial score (nSPS) is 23.3. The number of pyridine rings is 1. The third kappa shape index (κ3) is 4.12. The highest BCUT2D eigenvalue weighted by Crippen LogP contribution is 2.52. The lowest BCUT2D eigenvalue weighted by atomic mass is 9.56. The van der Waals surface area contributed by atoms with Crippen LogP contribution in [0.4, 0.5) is 4.39 Å². The van der Waals surface area contributed by atoms with E-state index in [4.69, 9.17) is 9.97 Å². The second kappa shape index (κ2) is 9.37. The van der Waals surface area contributed by atoms with Crippen molar-refractivity contribution in [2.75, 3.05) is 7.11 Å². The molecule has 1 aromatic carbocycles. The highest BCUT2D eigenvalue weighted by Gasteiger charge is 2.49. The molecule has 2 aliphatic carbocycles. The fourth-order valence-corrected chi connectivity index (χ4v) is 5.83. The van der Waals surface area contributed by atoms with Crippen LogP contribution in [0.5, 0.6) is 0 Å². The van der Waals surface area contributed by atoms with Gasteiger partial charge in [-0.3, -0.25) is 9.78 Å². The zero-order chi connectivity index (χ0) is 25.4. The molecule has 184 valence electrons. The van der Waals surface area contributed by atoms with Crippen LogP contribution in [0.3, 0.4) is 0 Å². The average molecular weight is 486 g/mol. The quantitative estimate of drug-likeness (QED) is 0.366. The smallest absolute Gasteiger partial charge is 0.330 e. The molecule has 1 saturated carbocycles. The number of esters is 1. The average Bonchev–Trinajstić information content (AvgIpc) is 2.89. The fourth-order valence-electron chi connectivity index (χ4n) is 5.83. The van der Waals surface area contributed by atoms with Crippen molar-refractivity contribution < 1.29 is 18.7 Å². The second-order valence-electron chi connectivity index (χ2n) is 9.85. The number of carbonyl (C=O) groups excluding carboxylic acids is 2. The van der Waals surface area contributed by atoms with Crippen molar-refractivity contribution in [1.29, 1.82) is 0 Å². The molecule has 0 spiro atoms. The van der Waals surface area contributed by atoms with Gasteiger partial charge in [-0.05, 0) is 55.5 Å². The Labute approximate surface area is 209 Å². The molecule has 1 fully saturated rings. The number of Topliss-reactive ketones (excluding diaryl/α,β-unsaturated/α-hetero) is 1. The van der Waals surface area contributed by atoms with Crippen LogP contribution in [-0.2, 0) is 26.2 Å². The monoisotopic (exact) mass is 485 g/mol. The SMILES string of the molecule is COC(=O)/C=C/c1cc(-c2nc(-c3ccccc3F)c3c(n2)[C@]2(C)CCC(=O)[C@H](C)[C@H]2CC3)ccn1. The number of fused-ring (bicyclic) bond motifs is 3. The molecule has 0 radical (unpaired) electrons. The summed E-state index contributed by atoms with van der Waals surface area (Å²) in [5.74, 6) is 0.102. The number of methoxy groups -OCH3 is 1. The Morgan fingerprint density at radius 2 is 2.00 bits per heavy atom. The van der Waals surface area contributed by atoms with E-state index in [1.54, 1.807) is 36.5 Å². The number of nitrogens with zero attached hydrogens (tertiary/aromatic N) is 3. The first kappa shape index (κ1) is 24.0. The van der Waals surface area contributed by atoms with Crippen LogP contribution in [0.2, 0.25) is 0 Å². The van der Waals surface area contributed by atoms with Crippen molar-refractivity contribution in [3.8, 4) is 22.6 Å². The summed E-state index contributed by atoms with van der Waals surface area (Å²) in [6, 6.07) is 10.3. The Balaban J connectivity index is 1.70. The van der Waals surface area contributed by atoms with Gasteiger partial charge in [-0.1, -0.05) is 26.0 Å². The van der Waals surface area contributed by atoms with E-state index < -0.39 is 5.97 Å². The first-order valence-electron chi connectivity index (χ1n) is 12.2. The van der Waals surface area contributed by atoms with Crippen molar-refractivity contribution in [3.63, 3.8) is 0 Å². The van der Waals surface area contributed by atoms with E-state index in [-0.39, 0.29) is 23.1 Å². The molecule has 0 saturated heterocycles. The van der Waals surface area contributed by atoms with Crippen LogP contribution >= 0.6 is 0 Å². The van der Waals surface area contributed by atoms with Crippen LogP contribution in [0.25, 0.3) is 28.7 Å². The number of hydrogen-bond donors (Lipinski definition) is 0. The number of carbonyl (C=O) groups is 2. The zero-order valence-electron chi connectivity index (χ0n) is 20.6. The van der Waals surface area contributed by atoms with E-state index in [1.807, 2.05) is 13.0 Å². The van der Waals surface area contributed by atoms with Crippen LogP contribution in [0, 0.1) is 17.7 Å². The van der Waals surface area contributed by atoms with Crippen LogP contribution in [0.15, 0.2) is 48.7 Å². The first-order valence-corrected chi connectivity index (χ1v) is 12.2. The predicted octanol–water partition coefficient (Wildman–Crippen LogP) is 5.35. The molecule has 2 aliphatic rings. The molecule has 0 aliphatic heterocycles. The van der Waals surface area contributed by atoms with Gasteiger partial charge in [0.2, 0.25) is 0 Å². The van der Waals surface area contributed by atoms with Crippen LogP contribution in [0.1, 0.15) is 50.1 Å². The van der Waals surface area contributed by atoms with Crippen molar-refractivity contribution in [1.82, 2.24) is 15.0 Å². The molecule has 0 bridgehead atoms. The van der Waals surface area contributed by atoms with Crippen molar-refractivity contribution in [2.24, 2.45) is 11.8 Å². The predicted molar refractivity (Wildman–Crippen MR) is 134 cm³/mol. The summed E-state index contributed by atoms with van der Waals surface area (Å²) in [7, 11) is 1.31. The Morgan fingerprint density at radius 1 is 1.19 bits per heavy atom. The molecule has 0 N–H and O–H groups in total. The lowest BCUT2D eigenvalue weighted by Gasteiger charge is -2.48. The summed E-state index contributed by atoms with van der Waals surface area (Å²) in [6.45, 7) is 4.22. The molecule has 3 atom stereocenters. The molecule has 7 heteroatoms. The minimum absolute atomic E-state index is 0.0387. The molecular weight excluding hydrogens is 457 g/mol. The third-order valence-corrected chi connectivity index (χ3v) is 7.83. The molecule has 36 heavy (non-hydrogen) atoms. The summed E-state index contributed by atoms with van der Waals surface area (Å²) in [5.41, 5.74) is 3.86.